The van der Waals surface area contributed by atoms with E-state index >= 15 is 0 Å². The molecule has 1 aliphatic heterocycles. The van der Waals surface area contributed by atoms with Gasteiger partial charge in [0.25, 0.3) is 0 Å². The molecule has 1 aliphatic rings. The van der Waals surface area contributed by atoms with Crippen LogP contribution >= 0.6 is 0 Å². The number of benzene rings is 1. The Morgan fingerprint density at radius 1 is 1.39 bits per heavy atom. The highest BCUT2D eigenvalue weighted by Crippen LogP contribution is 2.08. The van der Waals surface area contributed by atoms with Crippen LogP contribution < -0.4 is 10.6 Å². The van der Waals surface area contributed by atoms with Crippen molar-refractivity contribution in [2.45, 2.75) is 44.7 Å². The molecule has 0 bridgehead atoms. The molecule has 0 aliphatic carbocycles. The van der Waals surface area contributed by atoms with Crippen LogP contribution in [0.2, 0.25) is 0 Å². The summed E-state index contributed by atoms with van der Waals surface area (Å²) in [7, 11) is 0. The predicted molar refractivity (Wildman–Crippen MR) is 73.4 cm³/mol. The summed E-state index contributed by atoms with van der Waals surface area (Å²) in [6.45, 7) is 3.03. The van der Waals surface area contributed by atoms with Gasteiger partial charge in [-0.25, -0.2) is 0 Å². The number of hydrogen-bond donors (Lipinski definition) is 2. The largest absolute Gasteiger partial charge is 0.352 e. The minimum absolute atomic E-state index is 0.0111. The maximum absolute atomic E-state index is 12.0. The van der Waals surface area contributed by atoms with Crippen LogP contribution in [0.25, 0.3) is 0 Å². The lowest BCUT2D eigenvalue weighted by atomic mass is 10.0. The van der Waals surface area contributed by atoms with Crippen LogP contribution in [0.5, 0.6) is 0 Å². The molecule has 2 unspecified atom stereocenters. The molecular weight excluding hydrogens is 224 g/mol. The first kappa shape index (κ1) is 13.1. The fraction of sp³-hybridized carbons (Fsp3) is 0.533. The van der Waals surface area contributed by atoms with Gasteiger partial charge in [-0.05, 0) is 38.3 Å². The number of rotatable bonds is 4. The predicted octanol–water partition coefficient (Wildman–Crippen LogP) is 1.88. The Balaban J connectivity index is 1.79. The second-order valence-electron chi connectivity index (χ2n) is 5.10. The van der Waals surface area contributed by atoms with Gasteiger partial charge in [-0.2, -0.15) is 0 Å². The zero-order chi connectivity index (χ0) is 12.8. The monoisotopic (exact) mass is 246 g/mol. The van der Waals surface area contributed by atoms with Crippen LogP contribution in [0.1, 0.15) is 31.7 Å². The Kier molecular flexibility index (Phi) is 4.76. The molecule has 0 saturated carbocycles. The first-order valence-corrected chi connectivity index (χ1v) is 6.83. The van der Waals surface area contributed by atoms with Crippen molar-refractivity contribution < 1.29 is 4.79 Å². The molecule has 1 heterocycles. The van der Waals surface area contributed by atoms with Gasteiger partial charge in [0.15, 0.2) is 0 Å². The van der Waals surface area contributed by atoms with E-state index in [2.05, 4.69) is 29.7 Å². The molecule has 1 aromatic carbocycles. The molecule has 2 rings (SSSR count). The first-order valence-electron chi connectivity index (χ1n) is 6.83. The number of amides is 1. The van der Waals surface area contributed by atoms with Crippen molar-refractivity contribution in [1.29, 1.82) is 0 Å². The number of hydrogen-bond acceptors (Lipinski definition) is 2. The highest BCUT2D eigenvalue weighted by atomic mass is 16.2. The Hall–Kier alpha value is -1.35. The summed E-state index contributed by atoms with van der Waals surface area (Å²) < 4.78 is 0. The Labute approximate surface area is 109 Å². The van der Waals surface area contributed by atoms with Gasteiger partial charge >= 0.3 is 0 Å². The number of nitrogens with one attached hydrogen (secondary N) is 2. The second-order valence-corrected chi connectivity index (χ2v) is 5.10. The standard InChI is InChI=1S/C15H22N2O/c1-12(11-13-7-3-2-4-8-13)17-15(18)14-9-5-6-10-16-14/h2-4,7-8,12,14,16H,5-6,9-11H2,1H3,(H,17,18). The van der Waals surface area contributed by atoms with E-state index < -0.39 is 0 Å². The summed E-state index contributed by atoms with van der Waals surface area (Å²) in [6.07, 6.45) is 4.19. The molecule has 2 atom stereocenters. The van der Waals surface area contributed by atoms with Gasteiger partial charge in [0.05, 0.1) is 6.04 Å². The Bertz CT molecular complexity index is 371. The molecule has 1 aromatic rings. The van der Waals surface area contributed by atoms with Crippen LogP contribution in [0.4, 0.5) is 0 Å². The lowest BCUT2D eigenvalue weighted by Crippen LogP contribution is -2.49. The van der Waals surface area contributed by atoms with Crippen LogP contribution in [0, 0.1) is 0 Å². The summed E-state index contributed by atoms with van der Waals surface area (Å²) in [5.74, 6) is 0.151. The smallest absolute Gasteiger partial charge is 0.237 e. The van der Waals surface area contributed by atoms with Gasteiger partial charge in [-0.15, -0.1) is 0 Å². The fourth-order valence-electron chi connectivity index (χ4n) is 2.44. The molecule has 98 valence electrons. The van der Waals surface area contributed by atoms with Gasteiger partial charge < -0.3 is 10.6 Å². The minimum atomic E-state index is 0.0111. The van der Waals surface area contributed by atoms with E-state index in [1.165, 1.54) is 12.0 Å². The average Bonchev–Trinajstić information content (AvgIpc) is 2.40. The Morgan fingerprint density at radius 3 is 2.83 bits per heavy atom. The van der Waals surface area contributed by atoms with Crippen LogP contribution in [0.15, 0.2) is 30.3 Å². The van der Waals surface area contributed by atoms with E-state index in [0.717, 1.165) is 25.8 Å². The first-order chi connectivity index (χ1) is 8.75. The second kappa shape index (κ2) is 6.55. The van der Waals surface area contributed by atoms with Crippen molar-refractivity contribution in [3.05, 3.63) is 35.9 Å². The molecule has 1 saturated heterocycles. The van der Waals surface area contributed by atoms with Crippen molar-refractivity contribution in [1.82, 2.24) is 10.6 Å². The third-order valence-electron chi connectivity index (χ3n) is 3.40. The summed E-state index contributed by atoms with van der Waals surface area (Å²) in [6, 6.07) is 10.5. The van der Waals surface area contributed by atoms with Crippen LogP contribution in [-0.2, 0) is 11.2 Å². The maximum Gasteiger partial charge on any atom is 0.237 e. The normalized spacial score (nSPS) is 21.3. The highest BCUT2D eigenvalue weighted by molar-refractivity contribution is 5.82. The molecule has 3 nitrogen and oxygen atoms in total. The van der Waals surface area contributed by atoms with Gasteiger partial charge in [-0.3, -0.25) is 4.79 Å². The van der Waals surface area contributed by atoms with Crippen molar-refractivity contribution in [2.24, 2.45) is 0 Å². The van der Waals surface area contributed by atoms with Crippen molar-refractivity contribution >= 4 is 5.91 Å². The fourth-order valence-corrected chi connectivity index (χ4v) is 2.44. The van der Waals surface area contributed by atoms with Gasteiger partial charge in [0, 0.05) is 6.04 Å². The molecule has 2 N–H and O–H groups in total. The Morgan fingerprint density at radius 2 is 2.17 bits per heavy atom. The van der Waals surface area contributed by atoms with Crippen molar-refractivity contribution in [3.63, 3.8) is 0 Å². The van der Waals surface area contributed by atoms with Gasteiger partial charge in [0.2, 0.25) is 5.91 Å². The number of carbonyl (C=O) groups is 1. The summed E-state index contributed by atoms with van der Waals surface area (Å²) in [4.78, 5) is 12.0. The quantitative estimate of drug-likeness (QED) is 0.851. The lowest BCUT2D eigenvalue weighted by molar-refractivity contribution is -0.124. The number of piperidine rings is 1. The van der Waals surface area contributed by atoms with E-state index in [1.54, 1.807) is 0 Å². The molecule has 1 amide bonds. The van der Waals surface area contributed by atoms with E-state index in [-0.39, 0.29) is 18.0 Å². The summed E-state index contributed by atoms with van der Waals surface area (Å²) >= 11 is 0. The van der Waals surface area contributed by atoms with E-state index in [9.17, 15) is 4.79 Å². The summed E-state index contributed by atoms with van der Waals surface area (Å²) in [5, 5.41) is 6.37. The average molecular weight is 246 g/mol. The number of carbonyl (C=O) groups excluding carboxylic acids is 1. The molecule has 1 fully saturated rings. The molecule has 0 radical (unpaired) electrons. The van der Waals surface area contributed by atoms with Crippen molar-refractivity contribution in [2.75, 3.05) is 6.54 Å². The van der Waals surface area contributed by atoms with Crippen molar-refractivity contribution in [3.8, 4) is 0 Å². The third-order valence-corrected chi connectivity index (χ3v) is 3.40. The van der Waals surface area contributed by atoms with Crippen LogP contribution in [0.3, 0.4) is 0 Å². The topological polar surface area (TPSA) is 41.1 Å². The highest BCUT2D eigenvalue weighted by Gasteiger charge is 2.21. The lowest BCUT2D eigenvalue weighted by Gasteiger charge is -2.24. The van der Waals surface area contributed by atoms with Gasteiger partial charge in [-0.1, -0.05) is 36.8 Å². The SMILES string of the molecule is CC(Cc1ccccc1)NC(=O)C1CCCCN1. The third kappa shape index (κ3) is 3.84. The minimum Gasteiger partial charge on any atom is -0.352 e. The zero-order valence-corrected chi connectivity index (χ0v) is 11.0. The zero-order valence-electron chi connectivity index (χ0n) is 11.0. The molecule has 0 spiro atoms. The van der Waals surface area contributed by atoms with E-state index in [0.29, 0.717) is 0 Å². The van der Waals surface area contributed by atoms with Gasteiger partial charge in [0.1, 0.15) is 0 Å². The molecule has 18 heavy (non-hydrogen) atoms. The molecule has 3 heteroatoms. The summed E-state index contributed by atoms with van der Waals surface area (Å²) in [5.41, 5.74) is 1.27. The molecular formula is C15H22N2O. The molecule has 0 aromatic heterocycles. The maximum atomic E-state index is 12.0. The van der Waals surface area contributed by atoms with E-state index in [4.69, 9.17) is 0 Å². The van der Waals surface area contributed by atoms with E-state index in [1.807, 2.05) is 18.2 Å². The van der Waals surface area contributed by atoms with Crippen LogP contribution in [-0.4, -0.2) is 24.5 Å².